The minimum atomic E-state index is 0.00227. The molecule has 2 nitrogen and oxygen atoms in total. The van der Waals surface area contributed by atoms with Crippen LogP contribution in [-0.2, 0) is 13.0 Å². The number of benzene rings is 2. The number of likely N-dealkylation sites (tertiary alicyclic amines) is 1. The predicted octanol–water partition coefficient (Wildman–Crippen LogP) is 3.81. The highest BCUT2D eigenvalue weighted by atomic mass is 16.3. The first kappa shape index (κ1) is 16.2. The summed E-state index contributed by atoms with van der Waals surface area (Å²) in [6, 6.07) is 19.2. The molecule has 1 aliphatic heterocycles. The molecule has 3 rings (SSSR count). The summed E-state index contributed by atoms with van der Waals surface area (Å²) in [5.41, 5.74) is 4.10. The fourth-order valence-corrected chi connectivity index (χ4v) is 3.83. The van der Waals surface area contributed by atoms with Crippen molar-refractivity contribution in [2.75, 3.05) is 19.7 Å². The van der Waals surface area contributed by atoms with Gasteiger partial charge in [0, 0.05) is 18.5 Å². The summed E-state index contributed by atoms with van der Waals surface area (Å²) < 4.78 is 0. The van der Waals surface area contributed by atoms with Gasteiger partial charge in [0.1, 0.15) is 0 Å². The average molecular weight is 309 g/mol. The molecule has 1 atom stereocenters. The summed E-state index contributed by atoms with van der Waals surface area (Å²) in [6.45, 7) is 5.55. The lowest BCUT2D eigenvalue weighted by atomic mass is 9.75. The zero-order valence-corrected chi connectivity index (χ0v) is 14.0. The van der Waals surface area contributed by atoms with Crippen molar-refractivity contribution in [2.45, 2.75) is 32.7 Å². The van der Waals surface area contributed by atoms with Crippen molar-refractivity contribution < 1.29 is 5.11 Å². The maximum absolute atomic E-state index is 10.1. The number of nitrogens with zero attached hydrogens (tertiary/aromatic N) is 1. The zero-order chi connectivity index (χ0) is 16.1. The highest BCUT2D eigenvalue weighted by Crippen LogP contribution is 2.34. The molecule has 2 heteroatoms. The third kappa shape index (κ3) is 4.01. The number of aliphatic hydroxyl groups is 1. The van der Waals surface area contributed by atoms with E-state index in [1.165, 1.54) is 23.1 Å². The fourth-order valence-electron chi connectivity index (χ4n) is 3.83. The van der Waals surface area contributed by atoms with Gasteiger partial charge in [-0.15, -0.1) is 0 Å². The second kappa shape index (κ2) is 7.29. The Morgan fingerprint density at radius 3 is 2.52 bits per heavy atom. The van der Waals surface area contributed by atoms with Gasteiger partial charge >= 0.3 is 0 Å². The molecule has 0 bridgehead atoms. The molecule has 2 aromatic carbocycles. The Hall–Kier alpha value is -1.64. The van der Waals surface area contributed by atoms with E-state index in [0.717, 1.165) is 32.5 Å². The molecule has 0 spiro atoms. The van der Waals surface area contributed by atoms with E-state index in [1.54, 1.807) is 0 Å². The predicted molar refractivity (Wildman–Crippen MR) is 95.4 cm³/mol. The van der Waals surface area contributed by atoms with Gasteiger partial charge in [0.25, 0.3) is 0 Å². The van der Waals surface area contributed by atoms with Crippen LogP contribution < -0.4 is 0 Å². The van der Waals surface area contributed by atoms with Gasteiger partial charge in [-0.05, 0) is 49.4 Å². The molecular formula is C21H27NO. The molecule has 23 heavy (non-hydrogen) atoms. The van der Waals surface area contributed by atoms with Gasteiger partial charge < -0.3 is 5.11 Å². The quantitative estimate of drug-likeness (QED) is 0.908. The Kier molecular flexibility index (Phi) is 5.14. The Balaban J connectivity index is 1.72. The number of hydrogen-bond acceptors (Lipinski definition) is 2. The van der Waals surface area contributed by atoms with Crippen molar-refractivity contribution in [2.24, 2.45) is 5.41 Å². The number of rotatable bonds is 5. The monoisotopic (exact) mass is 309 g/mol. The molecule has 0 aromatic heterocycles. The van der Waals surface area contributed by atoms with Crippen molar-refractivity contribution in [3.8, 4) is 0 Å². The van der Waals surface area contributed by atoms with Crippen molar-refractivity contribution in [1.82, 2.24) is 4.90 Å². The Morgan fingerprint density at radius 1 is 1.04 bits per heavy atom. The first-order chi connectivity index (χ1) is 11.2. The second-order valence-corrected chi connectivity index (χ2v) is 7.06. The smallest absolute Gasteiger partial charge is 0.0502 e. The molecule has 1 unspecified atom stereocenters. The summed E-state index contributed by atoms with van der Waals surface area (Å²) in [5, 5.41) is 10.1. The highest BCUT2D eigenvalue weighted by Gasteiger charge is 2.35. The van der Waals surface area contributed by atoms with Gasteiger partial charge in [0.2, 0.25) is 0 Å². The third-order valence-corrected chi connectivity index (χ3v) is 5.15. The van der Waals surface area contributed by atoms with Gasteiger partial charge in [-0.25, -0.2) is 0 Å². The van der Waals surface area contributed by atoms with Crippen LogP contribution in [0, 0.1) is 12.3 Å². The SMILES string of the molecule is Cc1ccccc1CN1CCCC(CO)(Cc2ccccc2)C1. The van der Waals surface area contributed by atoms with Crippen LogP contribution >= 0.6 is 0 Å². The molecule has 0 amide bonds. The second-order valence-electron chi connectivity index (χ2n) is 7.06. The van der Waals surface area contributed by atoms with Crippen molar-refractivity contribution in [3.63, 3.8) is 0 Å². The Bertz CT molecular complexity index is 625. The number of piperidine rings is 1. The Labute approximate surface area is 139 Å². The van der Waals surface area contributed by atoms with Gasteiger partial charge in [-0.2, -0.15) is 0 Å². The van der Waals surface area contributed by atoms with Crippen LogP contribution in [0.5, 0.6) is 0 Å². The van der Waals surface area contributed by atoms with Crippen LogP contribution in [0.4, 0.5) is 0 Å². The highest BCUT2D eigenvalue weighted by molar-refractivity contribution is 5.25. The van der Waals surface area contributed by atoms with Crippen molar-refractivity contribution in [1.29, 1.82) is 0 Å². The van der Waals surface area contributed by atoms with Crippen molar-refractivity contribution in [3.05, 3.63) is 71.3 Å². The van der Waals surface area contributed by atoms with E-state index in [2.05, 4.69) is 66.4 Å². The summed E-state index contributed by atoms with van der Waals surface area (Å²) in [6.07, 6.45) is 3.25. The standard InChI is InChI=1S/C21H27NO/c1-18-8-5-6-11-20(18)15-22-13-7-12-21(16-22,17-23)14-19-9-3-2-4-10-19/h2-6,8-11,23H,7,12-17H2,1H3. The lowest BCUT2D eigenvalue weighted by Crippen LogP contribution is -2.46. The normalized spacial score (nSPS) is 22.2. The molecule has 1 heterocycles. The lowest BCUT2D eigenvalue weighted by Gasteiger charge is -2.42. The number of hydrogen-bond donors (Lipinski definition) is 1. The maximum atomic E-state index is 10.1. The van der Waals surface area contributed by atoms with E-state index in [9.17, 15) is 5.11 Å². The Morgan fingerprint density at radius 2 is 1.78 bits per heavy atom. The average Bonchev–Trinajstić information content (AvgIpc) is 2.58. The number of aliphatic hydroxyl groups excluding tert-OH is 1. The van der Waals surface area contributed by atoms with Crippen LogP contribution in [0.1, 0.15) is 29.5 Å². The molecular weight excluding hydrogens is 282 g/mol. The van der Waals surface area contributed by atoms with Crippen LogP contribution in [0.25, 0.3) is 0 Å². The molecule has 1 aliphatic rings. The van der Waals surface area contributed by atoms with Crippen LogP contribution in [0.15, 0.2) is 54.6 Å². The molecule has 0 saturated carbocycles. The molecule has 1 fully saturated rings. The van der Waals surface area contributed by atoms with Gasteiger partial charge in [-0.3, -0.25) is 4.90 Å². The number of aryl methyl sites for hydroxylation is 1. The first-order valence-corrected chi connectivity index (χ1v) is 8.62. The van der Waals surface area contributed by atoms with Gasteiger partial charge in [-0.1, -0.05) is 54.6 Å². The molecule has 2 aromatic rings. The minimum Gasteiger partial charge on any atom is -0.396 e. The van der Waals surface area contributed by atoms with Gasteiger partial charge in [0.15, 0.2) is 0 Å². The summed E-state index contributed by atoms with van der Waals surface area (Å²) in [5.74, 6) is 0. The fraction of sp³-hybridized carbons (Fsp3) is 0.429. The van der Waals surface area contributed by atoms with E-state index >= 15 is 0 Å². The minimum absolute atomic E-state index is 0.00227. The van der Waals surface area contributed by atoms with Gasteiger partial charge in [0.05, 0.1) is 6.61 Å². The van der Waals surface area contributed by atoms with E-state index in [4.69, 9.17) is 0 Å². The summed E-state index contributed by atoms with van der Waals surface area (Å²) >= 11 is 0. The molecule has 122 valence electrons. The van der Waals surface area contributed by atoms with E-state index in [-0.39, 0.29) is 12.0 Å². The van der Waals surface area contributed by atoms with E-state index in [1.807, 2.05) is 0 Å². The van der Waals surface area contributed by atoms with Crippen LogP contribution in [-0.4, -0.2) is 29.7 Å². The third-order valence-electron chi connectivity index (χ3n) is 5.15. The molecule has 1 N–H and O–H groups in total. The lowest BCUT2D eigenvalue weighted by molar-refractivity contribution is 0.0288. The summed E-state index contributed by atoms with van der Waals surface area (Å²) in [7, 11) is 0. The molecule has 0 radical (unpaired) electrons. The van der Waals surface area contributed by atoms with Crippen LogP contribution in [0.3, 0.4) is 0 Å². The van der Waals surface area contributed by atoms with Crippen molar-refractivity contribution >= 4 is 0 Å². The van der Waals surface area contributed by atoms with Crippen LogP contribution in [0.2, 0.25) is 0 Å². The topological polar surface area (TPSA) is 23.5 Å². The molecule has 1 saturated heterocycles. The zero-order valence-electron chi connectivity index (χ0n) is 14.0. The summed E-state index contributed by atoms with van der Waals surface area (Å²) in [4.78, 5) is 2.52. The largest absolute Gasteiger partial charge is 0.396 e. The van der Waals surface area contributed by atoms with E-state index in [0.29, 0.717) is 0 Å². The maximum Gasteiger partial charge on any atom is 0.0502 e. The van der Waals surface area contributed by atoms with E-state index < -0.39 is 0 Å². The molecule has 0 aliphatic carbocycles. The first-order valence-electron chi connectivity index (χ1n) is 8.62.